The normalized spacial score (nSPS) is 15.0. The van der Waals surface area contributed by atoms with Crippen LogP contribution in [0.2, 0.25) is 19.1 Å². The van der Waals surface area contributed by atoms with E-state index in [1.54, 1.807) is 0 Å². The molecule has 0 atom stereocenters. The van der Waals surface area contributed by atoms with Gasteiger partial charge in [0.1, 0.15) is 0 Å². The van der Waals surface area contributed by atoms with Crippen molar-refractivity contribution in [1.82, 2.24) is 0 Å². The van der Waals surface area contributed by atoms with Crippen molar-refractivity contribution in [3.05, 3.63) is 0 Å². The molecule has 0 saturated carbocycles. The van der Waals surface area contributed by atoms with Gasteiger partial charge in [0.05, 0.1) is 0 Å². The molecule has 0 aliphatic rings. The second-order valence-electron chi connectivity index (χ2n) is 3.10. The molecule has 0 aromatic rings. The Labute approximate surface area is 66.7 Å². The monoisotopic (exact) mass is 210 g/mol. The van der Waals surface area contributed by atoms with Crippen LogP contribution in [0.4, 0.5) is 26.1 Å². The van der Waals surface area contributed by atoms with Gasteiger partial charge in [0, 0.05) is 6.04 Å². The third-order valence-electron chi connectivity index (χ3n) is 1.06. The van der Waals surface area contributed by atoms with Crippen LogP contribution in [0, 0.1) is 0 Å². The van der Waals surface area contributed by atoms with Crippen molar-refractivity contribution in [3.63, 3.8) is 0 Å². The van der Waals surface area contributed by atoms with Crippen molar-refractivity contribution >= 4 is 8.41 Å². The molecule has 0 bridgehead atoms. The standard InChI is InChI=1S/C5H8F6Si/c1-12(2,11)3-4(6,7)5(8,9)10/h3H2,1-2H3. The average Bonchev–Trinajstić information content (AvgIpc) is 1.52. The van der Waals surface area contributed by atoms with E-state index in [1.807, 2.05) is 0 Å². The summed E-state index contributed by atoms with van der Waals surface area (Å²) in [6, 6.07) is -1.70. The molecule has 0 aliphatic heterocycles. The summed E-state index contributed by atoms with van der Waals surface area (Å²) < 4.78 is 71.2. The van der Waals surface area contributed by atoms with Crippen LogP contribution in [-0.2, 0) is 0 Å². The Morgan fingerprint density at radius 1 is 1.00 bits per heavy atom. The van der Waals surface area contributed by atoms with Crippen molar-refractivity contribution in [3.8, 4) is 0 Å². The zero-order valence-electron chi connectivity index (χ0n) is 6.47. The lowest BCUT2D eigenvalue weighted by molar-refractivity contribution is -0.274. The molecule has 0 radical (unpaired) electrons. The van der Waals surface area contributed by atoms with E-state index in [0.717, 1.165) is 13.1 Å². The minimum atomic E-state index is -5.64. The van der Waals surface area contributed by atoms with E-state index >= 15 is 0 Å². The molecule has 74 valence electrons. The average molecular weight is 210 g/mol. The van der Waals surface area contributed by atoms with Crippen molar-refractivity contribution in [2.24, 2.45) is 0 Å². The second kappa shape index (κ2) is 2.93. The molecule has 0 aromatic carbocycles. The van der Waals surface area contributed by atoms with Crippen molar-refractivity contribution in [2.45, 2.75) is 31.2 Å². The van der Waals surface area contributed by atoms with Crippen LogP contribution in [0.3, 0.4) is 0 Å². The Morgan fingerprint density at radius 3 is 1.42 bits per heavy atom. The van der Waals surface area contributed by atoms with Gasteiger partial charge in [-0.3, -0.25) is 0 Å². The number of hydrogen-bond acceptors (Lipinski definition) is 0. The van der Waals surface area contributed by atoms with E-state index < -0.39 is 26.6 Å². The van der Waals surface area contributed by atoms with Crippen molar-refractivity contribution in [2.75, 3.05) is 0 Å². The molecule has 0 amide bonds. The number of rotatable bonds is 2. The molecule has 0 aliphatic carbocycles. The van der Waals surface area contributed by atoms with E-state index in [9.17, 15) is 26.1 Å². The first-order valence-electron chi connectivity index (χ1n) is 3.09. The fraction of sp³-hybridized carbons (Fsp3) is 1.00. The molecular weight excluding hydrogens is 202 g/mol. The van der Waals surface area contributed by atoms with Gasteiger partial charge in [-0.2, -0.15) is 22.0 Å². The second-order valence-corrected chi connectivity index (χ2v) is 6.89. The van der Waals surface area contributed by atoms with Gasteiger partial charge in [0.25, 0.3) is 0 Å². The molecule has 12 heavy (non-hydrogen) atoms. The Balaban J connectivity index is 4.44. The highest BCUT2D eigenvalue weighted by Crippen LogP contribution is 2.41. The van der Waals surface area contributed by atoms with Gasteiger partial charge in [-0.15, -0.1) is 0 Å². The van der Waals surface area contributed by atoms with Crippen LogP contribution in [0.25, 0.3) is 0 Å². The van der Waals surface area contributed by atoms with Gasteiger partial charge < -0.3 is 4.11 Å². The van der Waals surface area contributed by atoms with Gasteiger partial charge >= 0.3 is 12.1 Å². The summed E-state index contributed by atoms with van der Waals surface area (Å²) in [4.78, 5) is 0. The lowest BCUT2D eigenvalue weighted by Gasteiger charge is -2.23. The van der Waals surface area contributed by atoms with Crippen molar-refractivity contribution in [1.29, 1.82) is 0 Å². The highest BCUT2D eigenvalue weighted by Gasteiger charge is 2.59. The fourth-order valence-electron chi connectivity index (χ4n) is 0.628. The van der Waals surface area contributed by atoms with Crippen LogP contribution < -0.4 is 0 Å². The summed E-state index contributed by atoms with van der Waals surface area (Å²) in [6.07, 6.45) is -5.64. The molecule has 0 rings (SSSR count). The molecule has 0 heterocycles. The van der Waals surface area contributed by atoms with Gasteiger partial charge in [-0.1, -0.05) is 0 Å². The lowest BCUT2D eigenvalue weighted by atomic mass is 10.4. The van der Waals surface area contributed by atoms with E-state index in [2.05, 4.69) is 0 Å². The summed E-state index contributed by atoms with van der Waals surface area (Å²) in [5.74, 6) is -4.89. The summed E-state index contributed by atoms with van der Waals surface area (Å²) in [5, 5.41) is 0. The Bertz CT molecular complexity index is 154. The zero-order valence-corrected chi connectivity index (χ0v) is 7.47. The Kier molecular flexibility index (Phi) is 2.88. The molecule has 0 N–H and O–H groups in total. The molecule has 0 aromatic heterocycles. The highest BCUT2D eigenvalue weighted by molar-refractivity contribution is 6.70. The lowest BCUT2D eigenvalue weighted by Crippen LogP contribution is -2.42. The Morgan fingerprint density at radius 2 is 1.33 bits per heavy atom. The first-order chi connectivity index (χ1) is 4.96. The maximum atomic E-state index is 12.6. The van der Waals surface area contributed by atoms with Gasteiger partial charge in [0.15, 0.2) is 0 Å². The fourth-order valence-corrected chi connectivity index (χ4v) is 1.88. The third-order valence-corrected chi connectivity index (χ3v) is 2.34. The van der Waals surface area contributed by atoms with Gasteiger partial charge in [-0.05, 0) is 13.1 Å². The predicted molar refractivity (Wildman–Crippen MR) is 34.4 cm³/mol. The minimum absolute atomic E-state index is 0.812. The molecular formula is C5H8F6Si. The van der Waals surface area contributed by atoms with E-state index in [4.69, 9.17) is 0 Å². The van der Waals surface area contributed by atoms with Crippen LogP contribution in [0.5, 0.6) is 0 Å². The number of alkyl halides is 5. The van der Waals surface area contributed by atoms with E-state index in [-0.39, 0.29) is 0 Å². The molecule has 0 nitrogen and oxygen atoms in total. The zero-order chi connectivity index (χ0) is 10.2. The van der Waals surface area contributed by atoms with Crippen LogP contribution in [-0.4, -0.2) is 20.5 Å². The smallest absolute Gasteiger partial charge is 0.314 e. The molecule has 7 heteroatoms. The van der Waals surface area contributed by atoms with Crippen LogP contribution in [0.15, 0.2) is 0 Å². The van der Waals surface area contributed by atoms with Crippen molar-refractivity contribution < 1.29 is 26.1 Å². The largest absolute Gasteiger partial charge is 0.453 e. The molecule has 0 fully saturated rings. The van der Waals surface area contributed by atoms with E-state index in [0.29, 0.717) is 0 Å². The highest BCUT2D eigenvalue weighted by atomic mass is 28.4. The van der Waals surface area contributed by atoms with Gasteiger partial charge in [-0.25, -0.2) is 0 Å². The molecule has 0 saturated heterocycles. The first-order valence-corrected chi connectivity index (χ1v) is 6.18. The maximum Gasteiger partial charge on any atom is 0.453 e. The van der Waals surface area contributed by atoms with Crippen LogP contribution in [0.1, 0.15) is 0 Å². The third kappa shape index (κ3) is 3.46. The first kappa shape index (κ1) is 11.8. The minimum Gasteiger partial charge on any atom is -0.314 e. The summed E-state index contributed by atoms with van der Waals surface area (Å²) in [7, 11) is -3.87. The SMILES string of the molecule is C[Si](C)(F)CC(F)(F)C(F)(F)F. The Hall–Kier alpha value is -0.203. The summed E-state index contributed by atoms with van der Waals surface area (Å²) in [5.41, 5.74) is 0. The maximum absolute atomic E-state index is 12.6. The molecule has 0 unspecified atom stereocenters. The quantitative estimate of drug-likeness (QED) is 0.372. The van der Waals surface area contributed by atoms with Gasteiger partial charge in [0.2, 0.25) is 8.41 Å². The number of halogens is 6. The van der Waals surface area contributed by atoms with E-state index in [1.165, 1.54) is 0 Å². The number of hydrogen-bond donors (Lipinski definition) is 0. The summed E-state index contributed by atoms with van der Waals surface area (Å²) in [6.45, 7) is 1.62. The predicted octanol–water partition coefficient (Wildman–Crippen LogP) is 3.36. The summed E-state index contributed by atoms with van der Waals surface area (Å²) >= 11 is 0. The molecule has 0 spiro atoms. The van der Waals surface area contributed by atoms with Crippen LogP contribution >= 0.6 is 0 Å². The topological polar surface area (TPSA) is 0 Å².